The second-order valence-electron chi connectivity index (χ2n) is 5.74. The molecule has 0 spiro atoms. The SMILES string of the molecule is CCNC(=O)c1cccc(-c2cnc(N(C#N)C(=O)C3CCNC3)s2)n1. The Morgan fingerprint density at radius 1 is 1.50 bits per heavy atom. The van der Waals surface area contributed by atoms with Crippen LogP contribution >= 0.6 is 11.3 Å². The molecule has 3 rings (SSSR count). The van der Waals surface area contributed by atoms with E-state index < -0.39 is 0 Å². The fraction of sp³-hybridized carbons (Fsp3) is 0.353. The summed E-state index contributed by atoms with van der Waals surface area (Å²) >= 11 is 1.20. The molecule has 2 N–H and O–H groups in total. The number of hydrogen-bond acceptors (Lipinski definition) is 7. The van der Waals surface area contributed by atoms with Gasteiger partial charge < -0.3 is 10.6 Å². The van der Waals surface area contributed by atoms with Gasteiger partial charge in [-0.3, -0.25) is 9.59 Å². The highest BCUT2D eigenvalue weighted by Gasteiger charge is 2.30. The summed E-state index contributed by atoms with van der Waals surface area (Å²) in [6, 6.07) is 5.14. The number of nitriles is 1. The molecule has 0 radical (unpaired) electrons. The van der Waals surface area contributed by atoms with Gasteiger partial charge in [0, 0.05) is 19.3 Å². The second-order valence-corrected chi connectivity index (χ2v) is 6.75. The van der Waals surface area contributed by atoms with Crippen LogP contribution in [0.5, 0.6) is 0 Å². The molecule has 134 valence electrons. The number of carbonyl (C=O) groups excluding carboxylic acids is 2. The lowest BCUT2D eigenvalue weighted by atomic mass is 10.1. The lowest BCUT2D eigenvalue weighted by Gasteiger charge is -2.14. The number of aromatic nitrogens is 2. The zero-order chi connectivity index (χ0) is 18.5. The second kappa shape index (κ2) is 8.03. The van der Waals surface area contributed by atoms with Crippen LogP contribution in [-0.4, -0.2) is 41.4 Å². The molecular formula is C17H18N6O2S. The van der Waals surface area contributed by atoms with Crippen LogP contribution in [0.3, 0.4) is 0 Å². The van der Waals surface area contributed by atoms with Crippen LogP contribution in [0.15, 0.2) is 24.4 Å². The Labute approximate surface area is 154 Å². The third-order valence-corrected chi connectivity index (χ3v) is 4.99. The Bertz CT molecular complexity index is 853. The number of thiazole rings is 1. The molecule has 1 atom stereocenters. The maximum absolute atomic E-state index is 12.5. The zero-order valence-corrected chi connectivity index (χ0v) is 15.0. The Morgan fingerprint density at radius 3 is 3.04 bits per heavy atom. The first-order valence-corrected chi connectivity index (χ1v) is 9.11. The number of rotatable bonds is 5. The van der Waals surface area contributed by atoms with Gasteiger partial charge in [-0.05, 0) is 32.0 Å². The molecule has 1 fully saturated rings. The molecule has 3 heterocycles. The summed E-state index contributed by atoms with van der Waals surface area (Å²) in [5.74, 6) is -0.703. The van der Waals surface area contributed by atoms with Crippen molar-refractivity contribution in [1.82, 2.24) is 20.6 Å². The van der Waals surface area contributed by atoms with Crippen LogP contribution in [0, 0.1) is 17.4 Å². The Hall–Kier alpha value is -2.83. The molecule has 2 amide bonds. The Morgan fingerprint density at radius 2 is 2.35 bits per heavy atom. The van der Waals surface area contributed by atoms with Crippen molar-refractivity contribution >= 4 is 28.3 Å². The average Bonchev–Trinajstić information content (AvgIpc) is 3.35. The molecule has 9 heteroatoms. The molecule has 1 unspecified atom stereocenters. The first-order valence-electron chi connectivity index (χ1n) is 8.30. The van der Waals surface area contributed by atoms with Gasteiger partial charge in [-0.25, -0.2) is 9.97 Å². The summed E-state index contributed by atoms with van der Waals surface area (Å²) in [5, 5.41) is 15.5. The van der Waals surface area contributed by atoms with Crippen LogP contribution < -0.4 is 15.5 Å². The van der Waals surface area contributed by atoms with Crippen molar-refractivity contribution < 1.29 is 9.59 Å². The van der Waals surface area contributed by atoms with Crippen LogP contribution in [0.1, 0.15) is 23.8 Å². The molecule has 0 saturated carbocycles. The van der Waals surface area contributed by atoms with Gasteiger partial charge in [0.15, 0.2) is 6.19 Å². The molecule has 1 saturated heterocycles. The third-order valence-electron chi connectivity index (χ3n) is 3.99. The van der Waals surface area contributed by atoms with Crippen molar-refractivity contribution in [3.63, 3.8) is 0 Å². The average molecular weight is 370 g/mol. The number of hydrogen-bond donors (Lipinski definition) is 2. The predicted octanol–water partition coefficient (Wildman–Crippen LogP) is 1.38. The van der Waals surface area contributed by atoms with Gasteiger partial charge in [-0.15, -0.1) is 0 Å². The highest BCUT2D eigenvalue weighted by molar-refractivity contribution is 7.19. The topological polar surface area (TPSA) is 111 Å². The van der Waals surface area contributed by atoms with E-state index in [4.69, 9.17) is 0 Å². The molecular weight excluding hydrogens is 352 g/mol. The number of nitrogens with zero attached hydrogens (tertiary/aromatic N) is 4. The number of amides is 2. The number of anilines is 1. The van der Waals surface area contributed by atoms with Crippen molar-refractivity contribution in [3.8, 4) is 16.8 Å². The maximum Gasteiger partial charge on any atom is 0.269 e. The molecule has 0 bridgehead atoms. The van der Waals surface area contributed by atoms with Gasteiger partial charge in [0.1, 0.15) is 5.69 Å². The predicted molar refractivity (Wildman–Crippen MR) is 97.4 cm³/mol. The van der Waals surface area contributed by atoms with E-state index in [-0.39, 0.29) is 17.7 Å². The van der Waals surface area contributed by atoms with Gasteiger partial charge in [0.25, 0.3) is 5.91 Å². The van der Waals surface area contributed by atoms with Gasteiger partial charge in [-0.1, -0.05) is 17.4 Å². The van der Waals surface area contributed by atoms with E-state index in [2.05, 4.69) is 20.6 Å². The van der Waals surface area contributed by atoms with E-state index in [0.29, 0.717) is 40.9 Å². The molecule has 2 aromatic rings. The lowest BCUT2D eigenvalue weighted by Crippen LogP contribution is -2.33. The molecule has 1 aliphatic heterocycles. The van der Waals surface area contributed by atoms with Crippen molar-refractivity contribution in [3.05, 3.63) is 30.1 Å². The molecule has 8 nitrogen and oxygen atoms in total. The van der Waals surface area contributed by atoms with Gasteiger partial charge >= 0.3 is 0 Å². The van der Waals surface area contributed by atoms with Crippen LogP contribution in [-0.2, 0) is 4.79 Å². The number of nitrogens with one attached hydrogen (secondary N) is 2. The van der Waals surface area contributed by atoms with Gasteiger partial charge in [0.2, 0.25) is 11.0 Å². The van der Waals surface area contributed by atoms with E-state index in [1.54, 1.807) is 24.4 Å². The maximum atomic E-state index is 12.5. The quantitative estimate of drug-likeness (QED) is 0.608. The Kier molecular flexibility index (Phi) is 5.55. The van der Waals surface area contributed by atoms with E-state index in [9.17, 15) is 14.9 Å². The van der Waals surface area contributed by atoms with E-state index in [1.807, 2.05) is 13.1 Å². The number of pyridine rings is 1. The highest BCUT2D eigenvalue weighted by atomic mass is 32.1. The zero-order valence-electron chi connectivity index (χ0n) is 14.2. The largest absolute Gasteiger partial charge is 0.351 e. The fourth-order valence-corrected chi connectivity index (χ4v) is 3.52. The molecule has 0 aliphatic carbocycles. The minimum atomic E-state index is -0.248. The molecule has 26 heavy (non-hydrogen) atoms. The smallest absolute Gasteiger partial charge is 0.269 e. The summed E-state index contributed by atoms with van der Waals surface area (Å²) in [6.45, 7) is 3.70. The summed E-state index contributed by atoms with van der Waals surface area (Å²) in [4.78, 5) is 34.7. The van der Waals surface area contributed by atoms with E-state index >= 15 is 0 Å². The molecule has 0 aromatic carbocycles. The van der Waals surface area contributed by atoms with Crippen molar-refractivity contribution in [2.45, 2.75) is 13.3 Å². The summed E-state index contributed by atoms with van der Waals surface area (Å²) in [7, 11) is 0. The van der Waals surface area contributed by atoms with E-state index in [0.717, 1.165) is 11.4 Å². The number of carbonyl (C=O) groups is 2. The minimum absolute atomic E-state index is 0.207. The summed E-state index contributed by atoms with van der Waals surface area (Å²) in [5.41, 5.74) is 0.884. The van der Waals surface area contributed by atoms with Crippen molar-refractivity contribution in [2.75, 3.05) is 24.5 Å². The lowest BCUT2D eigenvalue weighted by molar-refractivity contribution is -0.121. The monoisotopic (exact) mass is 370 g/mol. The standard InChI is InChI=1S/C17H18N6O2S/c1-2-20-15(24)13-5-3-4-12(22-13)14-9-21-17(26-14)23(10-18)16(25)11-6-7-19-8-11/h3-5,9,11,19H,2,6-8H2,1H3,(H,20,24). The van der Waals surface area contributed by atoms with Gasteiger partial charge in [0.05, 0.1) is 16.5 Å². The van der Waals surface area contributed by atoms with Gasteiger partial charge in [-0.2, -0.15) is 10.2 Å². The van der Waals surface area contributed by atoms with Crippen LogP contribution in [0.2, 0.25) is 0 Å². The molecule has 2 aromatic heterocycles. The Balaban J connectivity index is 1.83. The third kappa shape index (κ3) is 3.71. The van der Waals surface area contributed by atoms with E-state index in [1.165, 1.54) is 11.3 Å². The first kappa shape index (κ1) is 18.0. The summed E-state index contributed by atoms with van der Waals surface area (Å²) < 4.78 is 0. The van der Waals surface area contributed by atoms with Crippen LogP contribution in [0.4, 0.5) is 5.13 Å². The summed E-state index contributed by atoms with van der Waals surface area (Å²) in [6.07, 6.45) is 4.20. The highest BCUT2D eigenvalue weighted by Crippen LogP contribution is 2.31. The van der Waals surface area contributed by atoms with Crippen LogP contribution in [0.25, 0.3) is 10.6 Å². The first-order chi connectivity index (χ1) is 12.6. The van der Waals surface area contributed by atoms with Crippen molar-refractivity contribution in [2.24, 2.45) is 5.92 Å². The van der Waals surface area contributed by atoms with Crippen molar-refractivity contribution in [1.29, 1.82) is 5.26 Å². The minimum Gasteiger partial charge on any atom is -0.351 e. The molecule has 1 aliphatic rings. The fourth-order valence-electron chi connectivity index (χ4n) is 2.67. The normalized spacial score (nSPS) is 16.1.